The van der Waals surface area contributed by atoms with E-state index in [1.54, 1.807) is 42.6 Å². The third kappa shape index (κ3) is 4.78. The predicted octanol–water partition coefficient (Wildman–Crippen LogP) is 3.98. The van der Waals surface area contributed by atoms with Crippen molar-refractivity contribution in [3.05, 3.63) is 78.5 Å². The number of hydrogen-bond acceptors (Lipinski definition) is 5. The number of amides is 2. The van der Waals surface area contributed by atoms with E-state index in [2.05, 4.69) is 15.3 Å². The average molecular weight is 414 g/mol. The number of aromatic nitrogens is 1. The SMILES string of the molecule is CCOc1ccc(NC(=O)CN2C(=O)CC(c3ccccc3)=Nc3cccnc32)cc1. The van der Waals surface area contributed by atoms with Crippen molar-refractivity contribution in [2.75, 3.05) is 23.4 Å². The number of hydrogen-bond donors (Lipinski definition) is 1. The van der Waals surface area contributed by atoms with Crippen molar-refractivity contribution in [1.82, 2.24) is 4.98 Å². The molecule has 1 aliphatic heterocycles. The topological polar surface area (TPSA) is 83.9 Å². The van der Waals surface area contributed by atoms with Crippen LogP contribution in [0.5, 0.6) is 5.75 Å². The standard InChI is InChI=1S/C24H22N4O3/c1-2-31-19-12-10-18(11-13-19)26-22(29)16-28-23(30)15-21(17-7-4-3-5-8-17)27-20-9-6-14-25-24(20)28/h3-14H,2,15-16H2,1H3,(H,26,29). The van der Waals surface area contributed by atoms with Gasteiger partial charge in [-0.25, -0.2) is 9.98 Å². The number of fused-ring (bicyclic) bond motifs is 1. The van der Waals surface area contributed by atoms with Crippen LogP contribution in [-0.2, 0) is 9.59 Å². The summed E-state index contributed by atoms with van der Waals surface area (Å²) < 4.78 is 5.41. The van der Waals surface area contributed by atoms with Crippen LogP contribution in [0.15, 0.2) is 77.9 Å². The van der Waals surface area contributed by atoms with Gasteiger partial charge in [-0.1, -0.05) is 30.3 Å². The minimum absolute atomic E-state index is 0.0801. The Hall–Kier alpha value is -4.00. The van der Waals surface area contributed by atoms with E-state index in [1.165, 1.54) is 4.90 Å². The summed E-state index contributed by atoms with van der Waals surface area (Å²) in [5, 5.41) is 2.82. The number of rotatable bonds is 6. The molecule has 1 aliphatic rings. The van der Waals surface area contributed by atoms with Crippen LogP contribution < -0.4 is 15.0 Å². The molecule has 1 N–H and O–H groups in total. The molecule has 0 aliphatic carbocycles. The van der Waals surface area contributed by atoms with E-state index >= 15 is 0 Å². The Kier molecular flexibility index (Phi) is 6.03. The fourth-order valence-corrected chi connectivity index (χ4v) is 3.33. The molecule has 0 spiro atoms. The lowest BCUT2D eigenvalue weighted by atomic mass is 10.1. The van der Waals surface area contributed by atoms with E-state index in [-0.39, 0.29) is 24.8 Å². The summed E-state index contributed by atoms with van der Waals surface area (Å²) in [6.45, 7) is 2.32. The van der Waals surface area contributed by atoms with E-state index in [1.807, 2.05) is 37.3 Å². The second-order valence-corrected chi connectivity index (χ2v) is 6.93. The lowest BCUT2D eigenvalue weighted by Crippen LogP contribution is -2.38. The zero-order valence-corrected chi connectivity index (χ0v) is 17.1. The van der Waals surface area contributed by atoms with E-state index in [9.17, 15) is 9.59 Å². The van der Waals surface area contributed by atoms with Gasteiger partial charge in [-0.05, 0) is 48.9 Å². The van der Waals surface area contributed by atoms with Gasteiger partial charge in [-0.2, -0.15) is 0 Å². The molecule has 0 bridgehead atoms. The number of carbonyl (C=O) groups is 2. The summed E-state index contributed by atoms with van der Waals surface area (Å²) in [4.78, 5) is 36.2. The maximum atomic E-state index is 13.1. The van der Waals surface area contributed by atoms with Gasteiger partial charge in [-0.3, -0.25) is 14.5 Å². The molecule has 4 rings (SSSR count). The highest BCUT2D eigenvalue weighted by atomic mass is 16.5. The molecule has 1 aromatic heterocycles. The van der Waals surface area contributed by atoms with Crippen molar-refractivity contribution < 1.29 is 14.3 Å². The highest BCUT2D eigenvalue weighted by Gasteiger charge is 2.27. The minimum atomic E-state index is -0.322. The molecule has 0 saturated carbocycles. The molecule has 7 heteroatoms. The molecule has 156 valence electrons. The molecule has 0 saturated heterocycles. The molecular formula is C24H22N4O3. The average Bonchev–Trinajstić information content (AvgIpc) is 2.93. The second kappa shape index (κ2) is 9.21. The van der Waals surface area contributed by atoms with E-state index < -0.39 is 0 Å². The van der Waals surface area contributed by atoms with Crippen LogP contribution in [0.1, 0.15) is 18.9 Å². The molecule has 31 heavy (non-hydrogen) atoms. The maximum Gasteiger partial charge on any atom is 0.244 e. The highest BCUT2D eigenvalue weighted by molar-refractivity contribution is 6.18. The molecule has 7 nitrogen and oxygen atoms in total. The van der Waals surface area contributed by atoms with E-state index in [4.69, 9.17) is 4.74 Å². The van der Waals surface area contributed by atoms with Gasteiger partial charge in [0.25, 0.3) is 0 Å². The molecule has 0 radical (unpaired) electrons. The highest BCUT2D eigenvalue weighted by Crippen LogP contribution is 2.30. The lowest BCUT2D eigenvalue weighted by molar-refractivity contribution is -0.120. The molecule has 2 amide bonds. The number of nitrogens with one attached hydrogen (secondary N) is 1. The first-order chi connectivity index (χ1) is 15.1. The number of pyridine rings is 1. The second-order valence-electron chi connectivity index (χ2n) is 6.93. The third-order valence-electron chi connectivity index (χ3n) is 4.75. The molecular weight excluding hydrogens is 392 g/mol. The van der Waals surface area contributed by atoms with Gasteiger partial charge < -0.3 is 10.1 Å². The van der Waals surface area contributed by atoms with Gasteiger partial charge in [-0.15, -0.1) is 0 Å². The van der Waals surface area contributed by atoms with E-state index in [0.717, 1.165) is 11.3 Å². The zero-order valence-electron chi connectivity index (χ0n) is 17.1. The minimum Gasteiger partial charge on any atom is -0.494 e. The first-order valence-electron chi connectivity index (χ1n) is 10.0. The Bertz CT molecular complexity index is 1110. The Labute approximate surface area is 180 Å². The van der Waals surface area contributed by atoms with Gasteiger partial charge in [0, 0.05) is 11.9 Å². The number of benzene rings is 2. The molecule has 0 fully saturated rings. The summed E-state index contributed by atoms with van der Waals surface area (Å²) in [6, 6.07) is 20.2. The van der Waals surface area contributed by atoms with Crippen LogP contribution in [0, 0.1) is 0 Å². The van der Waals surface area contributed by atoms with Gasteiger partial charge in [0.1, 0.15) is 18.0 Å². The number of aliphatic imine (C=N–C) groups is 1. The Morgan fingerprint density at radius 2 is 1.84 bits per heavy atom. The van der Waals surface area contributed by atoms with Gasteiger partial charge in [0.2, 0.25) is 11.8 Å². The zero-order chi connectivity index (χ0) is 21.6. The first kappa shape index (κ1) is 20.3. The van der Waals surface area contributed by atoms with Crippen molar-refractivity contribution in [3.63, 3.8) is 0 Å². The largest absolute Gasteiger partial charge is 0.494 e. The summed E-state index contributed by atoms with van der Waals surface area (Å²) in [7, 11) is 0. The summed E-state index contributed by atoms with van der Waals surface area (Å²) in [6.07, 6.45) is 1.67. The maximum absolute atomic E-state index is 13.1. The Morgan fingerprint density at radius 1 is 1.06 bits per heavy atom. The number of carbonyl (C=O) groups excluding carboxylic acids is 2. The van der Waals surface area contributed by atoms with Crippen molar-refractivity contribution >= 4 is 34.7 Å². The van der Waals surface area contributed by atoms with Crippen molar-refractivity contribution in [1.29, 1.82) is 0 Å². The smallest absolute Gasteiger partial charge is 0.244 e. The number of ether oxygens (including phenoxy) is 1. The molecule has 3 aromatic rings. The van der Waals surface area contributed by atoms with Gasteiger partial charge in [0.05, 0.1) is 18.7 Å². The fourth-order valence-electron chi connectivity index (χ4n) is 3.33. The molecule has 0 unspecified atom stereocenters. The Balaban J connectivity index is 1.54. The van der Waals surface area contributed by atoms with Crippen LogP contribution in [0.4, 0.5) is 17.2 Å². The van der Waals surface area contributed by atoms with Crippen LogP contribution in [0.2, 0.25) is 0 Å². The summed E-state index contributed by atoms with van der Waals surface area (Å²) in [5.74, 6) is 0.548. The number of nitrogens with zero attached hydrogens (tertiary/aromatic N) is 3. The van der Waals surface area contributed by atoms with Crippen molar-refractivity contribution in [3.8, 4) is 5.75 Å². The molecule has 0 atom stereocenters. The van der Waals surface area contributed by atoms with Gasteiger partial charge >= 0.3 is 0 Å². The summed E-state index contributed by atoms with van der Waals surface area (Å²) in [5.41, 5.74) is 2.69. The molecule has 2 heterocycles. The normalized spacial score (nSPS) is 13.1. The van der Waals surface area contributed by atoms with E-state index in [0.29, 0.717) is 29.5 Å². The summed E-state index contributed by atoms with van der Waals surface area (Å²) >= 11 is 0. The third-order valence-corrected chi connectivity index (χ3v) is 4.75. The monoisotopic (exact) mass is 414 g/mol. The van der Waals surface area contributed by atoms with Crippen molar-refractivity contribution in [2.24, 2.45) is 4.99 Å². The molecule has 2 aromatic carbocycles. The first-order valence-corrected chi connectivity index (χ1v) is 10.0. The quantitative estimate of drug-likeness (QED) is 0.661. The van der Waals surface area contributed by atoms with Crippen LogP contribution in [0.3, 0.4) is 0 Å². The Morgan fingerprint density at radius 3 is 2.58 bits per heavy atom. The predicted molar refractivity (Wildman–Crippen MR) is 120 cm³/mol. The lowest BCUT2D eigenvalue weighted by Gasteiger charge is -2.20. The van der Waals surface area contributed by atoms with Crippen molar-refractivity contribution in [2.45, 2.75) is 13.3 Å². The number of anilines is 2. The van der Waals surface area contributed by atoms with Crippen LogP contribution >= 0.6 is 0 Å². The van der Waals surface area contributed by atoms with Gasteiger partial charge in [0.15, 0.2) is 5.82 Å². The van der Waals surface area contributed by atoms with Crippen LogP contribution in [0.25, 0.3) is 0 Å². The fraction of sp³-hybridized carbons (Fsp3) is 0.167. The van der Waals surface area contributed by atoms with Crippen LogP contribution in [-0.4, -0.2) is 35.7 Å².